The number of hydrogen-bond donors (Lipinski definition) is 0. The van der Waals surface area contributed by atoms with Crippen LogP contribution in [-0.2, 0) is 5.41 Å². The van der Waals surface area contributed by atoms with E-state index in [0.717, 1.165) is 30.5 Å². The molecule has 0 radical (unpaired) electrons. The van der Waals surface area contributed by atoms with E-state index in [1.54, 1.807) is 6.20 Å². The first kappa shape index (κ1) is 17.5. The highest BCUT2D eigenvalue weighted by molar-refractivity contribution is 5.62. The zero-order chi connectivity index (χ0) is 19.8. The smallest absolute Gasteiger partial charge is 0.247 e. The van der Waals surface area contributed by atoms with Crippen molar-refractivity contribution >= 4 is 0 Å². The highest BCUT2D eigenvalue weighted by Crippen LogP contribution is 2.56. The molecule has 0 amide bonds. The summed E-state index contributed by atoms with van der Waals surface area (Å²) in [5.74, 6) is -1.36. The van der Waals surface area contributed by atoms with E-state index in [0.29, 0.717) is 29.5 Å². The van der Waals surface area contributed by atoms with Crippen LogP contribution in [0.5, 0.6) is 0 Å². The number of rotatable bonds is 2. The molecule has 2 unspecified atom stereocenters. The summed E-state index contributed by atoms with van der Waals surface area (Å²) < 4.78 is 49.7. The molecule has 0 saturated heterocycles. The fourth-order valence-electron chi connectivity index (χ4n) is 4.53. The van der Waals surface area contributed by atoms with Gasteiger partial charge in [-0.25, -0.2) is 22.8 Å². The van der Waals surface area contributed by atoms with Crippen LogP contribution in [-0.4, -0.2) is 14.8 Å². The van der Waals surface area contributed by atoms with Gasteiger partial charge in [0, 0.05) is 29.0 Å². The summed E-state index contributed by atoms with van der Waals surface area (Å²) in [6.45, 7) is 6.06. The first-order valence-corrected chi connectivity index (χ1v) is 9.48. The summed E-state index contributed by atoms with van der Waals surface area (Å²) in [6.07, 6.45) is 4.56. The zero-order valence-electron chi connectivity index (χ0n) is 15.9. The van der Waals surface area contributed by atoms with E-state index in [1.165, 1.54) is 4.68 Å². The number of halogens is 3. The zero-order valence-corrected chi connectivity index (χ0v) is 15.9. The summed E-state index contributed by atoms with van der Waals surface area (Å²) in [5, 5.41) is 4.52. The Morgan fingerprint density at radius 2 is 1.75 bits per heavy atom. The van der Waals surface area contributed by atoms with E-state index >= 15 is 0 Å². The van der Waals surface area contributed by atoms with Crippen LogP contribution in [0.15, 0.2) is 22.7 Å². The predicted molar refractivity (Wildman–Crippen MR) is 97.0 cm³/mol. The topological polar surface area (TPSA) is 43.9 Å². The normalized spacial score (nSPS) is 20.8. The first-order valence-electron chi connectivity index (χ1n) is 9.48. The van der Waals surface area contributed by atoms with Crippen LogP contribution in [0, 0.1) is 17.5 Å². The monoisotopic (exact) mass is 387 g/mol. The third kappa shape index (κ3) is 2.45. The van der Waals surface area contributed by atoms with Crippen molar-refractivity contribution in [3.63, 3.8) is 0 Å². The van der Waals surface area contributed by atoms with Gasteiger partial charge in [0.05, 0.1) is 11.9 Å². The van der Waals surface area contributed by atoms with Gasteiger partial charge < -0.3 is 4.42 Å². The molecule has 2 aromatic heterocycles. The van der Waals surface area contributed by atoms with Crippen molar-refractivity contribution in [1.82, 2.24) is 14.8 Å². The fourth-order valence-corrected chi connectivity index (χ4v) is 4.53. The van der Waals surface area contributed by atoms with Crippen molar-refractivity contribution in [2.75, 3.05) is 0 Å². The molecule has 2 heterocycles. The number of hydrogen-bond acceptors (Lipinski definition) is 3. The minimum Gasteiger partial charge on any atom is -0.439 e. The largest absolute Gasteiger partial charge is 0.439 e. The summed E-state index contributed by atoms with van der Waals surface area (Å²) in [7, 11) is 0. The van der Waals surface area contributed by atoms with Gasteiger partial charge in [-0.1, -0.05) is 20.8 Å². The maximum Gasteiger partial charge on any atom is 0.247 e. The Hall–Kier alpha value is -2.57. The molecular formula is C21H20F3N3O. The van der Waals surface area contributed by atoms with Crippen molar-refractivity contribution in [2.24, 2.45) is 0 Å². The number of nitrogens with zero attached hydrogens (tertiary/aromatic N) is 3. The molecule has 5 rings (SSSR count). The molecule has 0 spiro atoms. The van der Waals surface area contributed by atoms with Gasteiger partial charge in [0.25, 0.3) is 0 Å². The summed E-state index contributed by atoms with van der Waals surface area (Å²) >= 11 is 0. The molecule has 2 atom stereocenters. The van der Waals surface area contributed by atoms with Crippen LogP contribution in [0.3, 0.4) is 0 Å². The molecule has 0 aliphatic heterocycles. The number of oxazole rings is 1. The Labute approximate surface area is 160 Å². The van der Waals surface area contributed by atoms with Crippen LogP contribution in [0.25, 0.3) is 17.3 Å². The van der Waals surface area contributed by atoms with Gasteiger partial charge in [-0.15, -0.1) is 0 Å². The Balaban J connectivity index is 1.73. The van der Waals surface area contributed by atoms with Gasteiger partial charge in [0.15, 0.2) is 17.3 Å². The number of aromatic nitrogens is 3. The molecule has 1 fully saturated rings. The van der Waals surface area contributed by atoms with Gasteiger partial charge in [-0.05, 0) is 25.2 Å². The molecule has 4 nitrogen and oxygen atoms in total. The summed E-state index contributed by atoms with van der Waals surface area (Å²) in [5.41, 5.74) is 1.72. The average Bonchev–Trinajstić information content (AvgIpc) is 3.35. The van der Waals surface area contributed by atoms with Crippen molar-refractivity contribution in [3.05, 3.63) is 52.8 Å². The lowest BCUT2D eigenvalue weighted by atomic mass is 9.94. The predicted octanol–water partition coefficient (Wildman–Crippen LogP) is 5.61. The average molecular weight is 387 g/mol. The summed E-state index contributed by atoms with van der Waals surface area (Å²) in [4.78, 5) is 4.39. The Kier molecular flexibility index (Phi) is 3.58. The molecular weight excluding hydrogens is 367 g/mol. The molecule has 1 aromatic carbocycles. The van der Waals surface area contributed by atoms with Crippen molar-refractivity contribution in [2.45, 2.75) is 57.3 Å². The quantitative estimate of drug-likeness (QED) is 0.574. The van der Waals surface area contributed by atoms with Crippen LogP contribution >= 0.6 is 0 Å². The van der Waals surface area contributed by atoms with Crippen molar-refractivity contribution in [1.29, 1.82) is 0 Å². The fraction of sp³-hybridized carbons (Fsp3) is 0.429. The molecule has 2 bridgehead atoms. The molecule has 146 valence electrons. The molecule has 7 heteroatoms. The maximum absolute atomic E-state index is 14.5. The summed E-state index contributed by atoms with van der Waals surface area (Å²) in [6, 6.07) is 1.37. The second kappa shape index (κ2) is 5.72. The van der Waals surface area contributed by atoms with Crippen LogP contribution in [0.4, 0.5) is 13.2 Å². The minimum absolute atomic E-state index is 0.183. The van der Waals surface area contributed by atoms with E-state index in [1.807, 2.05) is 20.8 Å². The standard InChI is InChI=1S/C21H20F3N3O/c1-21(2,3)15-9-25-20(28-15)17-16-10-4-5-11(6-10)18(16)27(26-17)19-13(23)7-12(22)8-14(19)24/h7-11H,4-6H2,1-3H3. The van der Waals surface area contributed by atoms with Crippen LogP contribution in [0.1, 0.15) is 68.9 Å². The lowest BCUT2D eigenvalue weighted by molar-refractivity contribution is 0.414. The SMILES string of the molecule is CC(C)(C)c1cnc(-c2nn(-c3c(F)cc(F)cc3F)c3c2C2CCC3C2)o1. The van der Waals surface area contributed by atoms with Crippen LogP contribution < -0.4 is 0 Å². The molecule has 28 heavy (non-hydrogen) atoms. The van der Waals surface area contributed by atoms with Gasteiger partial charge in [0.1, 0.15) is 17.3 Å². The van der Waals surface area contributed by atoms with E-state index in [2.05, 4.69) is 10.1 Å². The van der Waals surface area contributed by atoms with E-state index in [-0.39, 0.29) is 22.9 Å². The third-order valence-corrected chi connectivity index (χ3v) is 5.83. The molecule has 2 aliphatic rings. The third-order valence-electron chi connectivity index (χ3n) is 5.83. The Bertz CT molecular complexity index is 1070. The lowest BCUT2D eigenvalue weighted by Gasteiger charge is -2.15. The van der Waals surface area contributed by atoms with E-state index in [9.17, 15) is 13.2 Å². The van der Waals surface area contributed by atoms with Gasteiger partial charge in [-0.3, -0.25) is 0 Å². The first-order chi connectivity index (χ1) is 13.2. The van der Waals surface area contributed by atoms with Gasteiger partial charge in [-0.2, -0.15) is 5.10 Å². The highest BCUT2D eigenvalue weighted by Gasteiger charge is 2.44. The second-order valence-corrected chi connectivity index (χ2v) is 8.76. The Morgan fingerprint density at radius 1 is 1.07 bits per heavy atom. The molecule has 2 aliphatic carbocycles. The maximum atomic E-state index is 14.5. The molecule has 3 aromatic rings. The van der Waals surface area contributed by atoms with Gasteiger partial charge in [0.2, 0.25) is 5.89 Å². The van der Waals surface area contributed by atoms with Crippen molar-refractivity contribution < 1.29 is 17.6 Å². The van der Waals surface area contributed by atoms with Crippen LogP contribution in [0.2, 0.25) is 0 Å². The Morgan fingerprint density at radius 3 is 2.39 bits per heavy atom. The highest BCUT2D eigenvalue weighted by atomic mass is 19.1. The molecule has 0 N–H and O–H groups in total. The lowest BCUT2D eigenvalue weighted by Crippen LogP contribution is -2.10. The minimum atomic E-state index is -0.972. The molecule has 1 saturated carbocycles. The second-order valence-electron chi connectivity index (χ2n) is 8.76. The van der Waals surface area contributed by atoms with Crippen molar-refractivity contribution in [3.8, 4) is 17.3 Å². The van der Waals surface area contributed by atoms with E-state index < -0.39 is 17.5 Å². The number of benzene rings is 1. The van der Waals surface area contributed by atoms with Gasteiger partial charge >= 0.3 is 0 Å². The number of fused-ring (bicyclic) bond motifs is 5. The van der Waals surface area contributed by atoms with E-state index in [4.69, 9.17) is 4.42 Å².